The Morgan fingerprint density at radius 3 is 2.68 bits per heavy atom. The van der Waals surface area contributed by atoms with E-state index in [1.807, 2.05) is 49.8 Å². The fourth-order valence-corrected chi connectivity index (χ4v) is 2.68. The van der Waals surface area contributed by atoms with Gasteiger partial charge in [0.15, 0.2) is 5.96 Å². The molecule has 2 aromatic heterocycles. The Hall–Kier alpha value is -2.09. The van der Waals surface area contributed by atoms with Crippen LogP contribution < -0.4 is 5.32 Å². The molecule has 0 fully saturated rings. The lowest BCUT2D eigenvalue weighted by atomic mass is 10.2. The van der Waals surface area contributed by atoms with Crippen LogP contribution in [0.25, 0.3) is 11.0 Å². The SMILES string of the molecule is CN=C(NCCc1ccncc1)N(C)Cc1cc2ccccc2o1.I. The van der Waals surface area contributed by atoms with Crippen molar-refractivity contribution in [1.29, 1.82) is 0 Å². The highest BCUT2D eigenvalue weighted by Gasteiger charge is 2.10. The number of aliphatic imine (C=N–C) groups is 1. The zero-order valence-electron chi connectivity index (χ0n) is 14.5. The van der Waals surface area contributed by atoms with Crippen molar-refractivity contribution in [3.63, 3.8) is 0 Å². The van der Waals surface area contributed by atoms with Gasteiger partial charge in [-0.3, -0.25) is 9.98 Å². The molecule has 0 bridgehead atoms. The van der Waals surface area contributed by atoms with Crippen molar-refractivity contribution >= 4 is 40.9 Å². The third-order valence-corrected chi connectivity index (χ3v) is 3.89. The predicted molar refractivity (Wildman–Crippen MR) is 112 cm³/mol. The molecule has 0 aliphatic carbocycles. The van der Waals surface area contributed by atoms with Crippen LogP contribution in [0.3, 0.4) is 0 Å². The normalized spacial score (nSPS) is 11.2. The highest BCUT2D eigenvalue weighted by Crippen LogP contribution is 2.19. The summed E-state index contributed by atoms with van der Waals surface area (Å²) >= 11 is 0. The number of benzene rings is 1. The number of aromatic nitrogens is 1. The van der Waals surface area contributed by atoms with Crippen LogP contribution in [0.2, 0.25) is 0 Å². The van der Waals surface area contributed by atoms with Gasteiger partial charge in [-0.1, -0.05) is 18.2 Å². The number of halogens is 1. The number of guanidine groups is 1. The van der Waals surface area contributed by atoms with E-state index in [2.05, 4.69) is 32.3 Å². The van der Waals surface area contributed by atoms with E-state index >= 15 is 0 Å². The zero-order valence-corrected chi connectivity index (χ0v) is 16.8. The smallest absolute Gasteiger partial charge is 0.193 e. The maximum atomic E-state index is 5.88. The first-order valence-electron chi connectivity index (χ1n) is 8.04. The number of nitrogens with zero attached hydrogens (tertiary/aromatic N) is 3. The number of rotatable bonds is 5. The van der Waals surface area contributed by atoms with Crippen LogP contribution >= 0.6 is 24.0 Å². The summed E-state index contributed by atoms with van der Waals surface area (Å²) in [6.45, 7) is 1.49. The average molecular weight is 450 g/mol. The van der Waals surface area contributed by atoms with E-state index in [1.54, 1.807) is 7.05 Å². The Kier molecular flexibility index (Phi) is 7.24. The van der Waals surface area contributed by atoms with Gasteiger partial charge in [-0.2, -0.15) is 0 Å². The van der Waals surface area contributed by atoms with Crippen molar-refractivity contribution in [2.45, 2.75) is 13.0 Å². The largest absolute Gasteiger partial charge is 0.459 e. The molecule has 1 aromatic carbocycles. The first-order valence-corrected chi connectivity index (χ1v) is 8.04. The van der Waals surface area contributed by atoms with Crippen LogP contribution in [0, 0.1) is 0 Å². The second kappa shape index (κ2) is 9.41. The van der Waals surface area contributed by atoms with E-state index < -0.39 is 0 Å². The molecular weight excluding hydrogens is 427 g/mol. The molecule has 2 heterocycles. The van der Waals surface area contributed by atoms with Crippen molar-refractivity contribution < 1.29 is 4.42 Å². The molecule has 0 radical (unpaired) electrons. The summed E-state index contributed by atoms with van der Waals surface area (Å²) in [5.74, 6) is 1.78. The summed E-state index contributed by atoms with van der Waals surface area (Å²) in [5, 5.41) is 4.51. The lowest BCUT2D eigenvalue weighted by Gasteiger charge is -2.21. The van der Waals surface area contributed by atoms with Crippen molar-refractivity contribution in [1.82, 2.24) is 15.2 Å². The molecule has 3 aromatic rings. The average Bonchev–Trinajstić information content (AvgIpc) is 3.01. The fourth-order valence-electron chi connectivity index (χ4n) is 2.68. The Balaban J connectivity index is 0.00000225. The zero-order chi connectivity index (χ0) is 16.8. The Labute approximate surface area is 165 Å². The monoisotopic (exact) mass is 450 g/mol. The van der Waals surface area contributed by atoms with E-state index in [9.17, 15) is 0 Å². The van der Waals surface area contributed by atoms with Crippen LogP contribution in [0.15, 0.2) is 64.3 Å². The molecule has 5 nitrogen and oxygen atoms in total. The third kappa shape index (κ3) is 5.19. The molecule has 0 aliphatic rings. The minimum Gasteiger partial charge on any atom is -0.459 e. The molecule has 3 rings (SSSR count). The van der Waals surface area contributed by atoms with Crippen LogP contribution in [-0.4, -0.2) is 36.5 Å². The van der Waals surface area contributed by atoms with Gasteiger partial charge >= 0.3 is 0 Å². The van der Waals surface area contributed by atoms with Crippen LogP contribution in [0.4, 0.5) is 0 Å². The van der Waals surface area contributed by atoms with Crippen LogP contribution in [-0.2, 0) is 13.0 Å². The summed E-state index contributed by atoms with van der Waals surface area (Å²) in [4.78, 5) is 10.4. The van der Waals surface area contributed by atoms with Gasteiger partial charge in [-0.25, -0.2) is 0 Å². The van der Waals surface area contributed by atoms with E-state index in [-0.39, 0.29) is 24.0 Å². The predicted octanol–water partition coefficient (Wildman–Crippen LogP) is 3.70. The van der Waals surface area contributed by atoms with Crippen molar-refractivity contribution in [2.75, 3.05) is 20.6 Å². The molecule has 0 atom stereocenters. The third-order valence-electron chi connectivity index (χ3n) is 3.89. The molecule has 0 saturated heterocycles. The Bertz CT molecular complexity index is 783. The van der Waals surface area contributed by atoms with Gasteiger partial charge in [-0.05, 0) is 36.2 Å². The molecule has 0 spiro atoms. The molecule has 0 amide bonds. The summed E-state index contributed by atoms with van der Waals surface area (Å²) in [6, 6.07) is 14.2. The Morgan fingerprint density at radius 1 is 1.20 bits per heavy atom. The van der Waals surface area contributed by atoms with Gasteiger partial charge in [0.2, 0.25) is 0 Å². The second-order valence-electron chi connectivity index (χ2n) is 5.69. The molecule has 0 unspecified atom stereocenters. The van der Waals surface area contributed by atoms with Gasteiger partial charge < -0.3 is 14.6 Å². The maximum absolute atomic E-state index is 5.88. The summed E-state index contributed by atoms with van der Waals surface area (Å²) in [7, 11) is 3.80. The quantitative estimate of drug-likeness (QED) is 0.366. The number of furan rings is 1. The molecular formula is C19H23IN4O. The molecule has 132 valence electrons. The fraction of sp³-hybridized carbons (Fsp3) is 0.263. The van der Waals surface area contributed by atoms with Crippen molar-refractivity contribution in [3.05, 3.63) is 66.2 Å². The molecule has 25 heavy (non-hydrogen) atoms. The van der Waals surface area contributed by atoms with Gasteiger partial charge in [0.1, 0.15) is 11.3 Å². The van der Waals surface area contributed by atoms with Gasteiger partial charge in [0.25, 0.3) is 0 Å². The number of para-hydroxylation sites is 1. The van der Waals surface area contributed by atoms with Gasteiger partial charge in [-0.15, -0.1) is 24.0 Å². The first-order chi connectivity index (χ1) is 11.8. The van der Waals surface area contributed by atoms with Crippen LogP contribution in [0.5, 0.6) is 0 Å². The highest BCUT2D eigenvalue weighted by molar-refractivity contribution is 14.0. The summed E-state index contributed by atoms with van der Waals surface area (Å²) in [6.07, 6.45) is 4.57. The van der Waals surface area contributed by atoms with Crippen molar-refractivity contribution in [3.8, 4) is 0 Å². The highest BCUT2D eigenvalue weighted by atomic mass is 127. The lowest BCUT2D eigenvalue weighted by Crippen LogP contribution is -2.39. The maximum Gasteiger partial charge on any atom is 0.193 e. The lowest BCUT2D eigenvalue weighted by molar-refractivity contribution is 0.413. The summed E-state index contributed by atoms with van der Waals surface area (Å²) in [5.41, 5.74) is 2.18. The van der Waals surface area contributed by atoms with Crippen molar-refractivity contribution in [2.24, 2.45) is 4.99 Å². The van der Waals surface area contributed by atoms with Crippen LogP contribution in [0.1, 0.15) is 11.3 Å². The molecule has 1 N–H and O–H groups in total. The van der Waals surface area contributed by atoms with E-state index in [4.69, 9.17) is 4.42 Å². The topological polar surface area (TPSA) is 53.7 Å². The first kappa shape index (κ1) is 19.2. The number of nitrogens with one attached hydrogen (secondary N) is 1. The number of pyridine rings is 1. The van der Waals surface area contributed by atoms with E-state index in [0.29, 0.717) is 6.54 Å². The number of fused-ring (bicyclic) bond motifs is 1. The number of hydrogen-bond donors (Lipinski definition) is 1. The molecule has 0 saturated carbocycles. The van der Waals surface area contributed by atoms with E-state index in [1.165, 1.54) is 5.56 Å². The van der Waals surface area contributed by atoms with E-state index in [0.717, 1.165) is 35.7 Å². The standard InChI is InChI=1S/C19H22N4O.HI/c1-20-19(22-12-9-15-7-10-21-11-8-15)23(2)14-17-13-16-5-3-4-6-18(16)24-17;/h3-8,10-11,13H,9,12,14H2,1-2H3,(H,20,22);1H. The Morgan fingerprint density at radius 2 is 1.96 bits per heavy atom. The molecule has 6 heteroatoms. The number of hydrogen-bond acceptors (Lipinski definition) is 3. The second-order valence-corrected chi connectivity index (χ2v) is 5.69. The van der Waals surface area contributed by atoms with Gasteiger partial charge in [0, 0.05) is 38.4 Å². The molecule has 0 aliphatic heterocycles. The summed E-state index contributed by atoms with van der Waals surface area (Å²) < 4.78 is 5.88. The van der Waals surface area contributed by atoms with Gasteiger partial charge in [0.05, 0.1) is 6.54 Å². The minimum atomic E-state index is 0. The minimum absolute atomic E-state index is 0.